The molecule has 6 heteroatoms. The number of benzene rings is 1. The molecule has 1 amide bonds. The normalized spacial score (nSPS) is 17.1. The van der Waals surface area contributed by atoms with Gasteiger partial charge in [0.2, 0.25) is 5.91 Å². The van der Waals surface area contributed by atoms with Gasteiger partial charge in [-0.05, 0) is 70.9 Å². The molecule has 1 aliphatic rings. The highest BCUT2D eigenvalue weighted by Crippen LogP contribution is 2.30. The molecule has 0 radical (unpaired) electrons. The van der Waals surface area contributed by atoms with E-state index >= 15 is 0 Å². The van der Waals surface area contributed by atoms with E-state index in [1.54, 1.807) is 26.4 Å². The minimum atomic E-state index is -0.140. The van der Waals surface area contributed by atoms with E-state index in [4.69, 9.17) is 9.47 Å². The molecule has 2 rings (SSSR count). The maximum absolute atomic E-state index is 12.6. The molecule has 0 saturated carbocycles. The average molecular weight is 349 g/mol. The van der Waals surface area contributed by atoms with Crippen molar-refractivity contribution < 1.29 is 14.3 Å². The van der Waals surface area contributed by atoms with E-state index in [-0.39, 0.29) is 11.9 Å². The molecular formula is C19H31N3O3. The zero-order chi connectivity index (χ0) is 18.2. The molecule has 1 fully saturated rings. The van der Waals surface area contributed by atoms with Crippen LogP contribution in [0.5, 0.6) is 11.5 Å². The Morgan fingerprint density at radius 3 is 2.52 bits per heavy atom. The number of nitrogens with one attached hydrogen (secondary N) is 2. The molecule has 1 aromatic rings. The molecule has 6 nitrogen and oxygen atoms in total. The summed E-state index contributed by atoms with van der Waals surface area (Å²) >= 11 is 0. The Bertz CT molecular complexity index is 557. The summed E-state index contributed by atoms with van der Waals surface area (Å²) in [5.41, 5.74) is 0.721. The Morgan fingerprint density at radius 2 is 1.92 bits per heavy atom. The third-order valence-corrected chi connectivity index (χ3v) is 5.03. The first-order chi connectivity index (χ1) is 12.1. The zero-order valence-electron chi connectivity index (χ0n) is 15.8. The van der Waals surface area contributed by atoms with Gasteiger partial charge in [0.15, 0.2) is 11.5 Å². The molecule has 0 aromatic heterocycles. The molecule has 1 unspecified atom stereocenters. The zero-order valence-corrected chi connectivity index (χ0v) is 15.8. The van der Waals surface area contributed by atoms with Gasteiger partial charge in [-0.3, -0.25) is 9.69 Å². The van der Waals surface area contributed by atoms with Gasteiger partial charge < -0.3 is 20.1 Å². The van der Waals surface area contributed by atoms with E-state index in [0.29, 0.717) is 11.5 Å². The fraction of sp³-hybridized carbons (Fsp3) is 0.632. The van der Waals surface area contributed by atoms with Gasteiger partial charge in [0.05, 0.1) is 20.3 Å². The predicted octanol–water partition coefficient (Wildman–Crippen LogP) is 2.35. The van der Waals surface area contributed by atoms with Gasteiger partial charge in [-0.2, -0.15) is 0 Å². The van der Waals surface area contributed by atoms with Crippen molar-refractivity contribution in [2.45, 2.75) is 32.2 Å². The Hall–Kier alpha value is -1.79. The summed E-state index contributed by atoms with van der Waals surface area (Å²) in [5.74, 6) is 2.04. The lowest BCUT2D eigenvalue weighted by molar-refractivity contribution is -0.121. The smallest absolute Gasteiger partial charge is 0.241 e. The van der Waals surface area contributed by atoms with Crippen LogP contribution in [-0.2, 0) is 4.79 Å². The van der Waals surface area contributed by atoms with Crippen molar-refractivity contribution in [2.75, 3.05) is 46.2 Å². The van der Waals surface area contributed by atoms with Gasteiger partial charge in [0.1, 0.15) is 0 Å². The van der Waals surface area contributed by atoms with E-state index in [1.807, 2.05) is 20.0 Å². The van der Waals surface area contributed by atoms with E-state index in [2.05, 4.69) is 15.5 Å². The Morgan fingerprint density at radius 1 is 1.24 bits per heavy atom. The molecule has 1 aliphatic heterocycles. The fourth-order valence-electron chi connectivity index (χ4n) is 3.30. The molecule has 1 saturated heterocycles. The van der Waals surface area contributed by atoms with Gasteiger partial charge >= 0.3 is 0 Å². The first-order valence-electron chi connectivity index (χ1n) is 9.00. The molecule has 1 heterocycles. The van der Waals surface area contributed by atoms with Crippen LogP contribution in [0.1, 0.15) is 26.2 Å². The average Bonchev–Trinajstić information content (AvgIpc) is 2.66. The van der Waals surface area contributed by atoms with Crippen LogP contribution in [0.3, 0.4) is 0 Å². The first kappa shape index (κ1) is 19.5. The van der Waals surface area contributed by atoms with Crippen molar-refractivity contribution in [3.8, 4) is 11.5 Å². The molecule has 1 aromatic carbocycles. The lowest BCUT2D eigenvalue weighted by Gasteiger charge is -2.35. The molecule has 0 bridgehead atoms. The van der Waals surface area contributed by atoms with E-state index in [0.717, 1.165) is 44.1 Å². The Balaban J connectivity index is 1.88. The molecule has 140 valence electrons. The van der Waals surface area contributed by atoms with Crippen molar-refractivity contribution in [3.05, 3.63) is 18.2 Å². The largest absolute Gasteiger partial charge is 0.493 e. The number of hydrogen-bond acceptors (Lipinski definition) is 5. The molecule has 2 N–H and O–H groups in total. The number of methoxy groups -OCH3 is 2. The van der Waals surface area contributed by atoms with Crippen LogP contribution in [0.25, 0.3) is 0 Å². The second-order valence-corrected chi connectivity index (χ2v) is 6.61. The number of amides is 1. The number of anilines is 1. The Kier molecular flexibility index (Phi) is 7.52. The summed E-state index contributed by atoms with van der Waals surface area (Å²) < 4.78 is 10.5. The first-order valence-corrected chi connectivity index (χ1v) is 9.00. The van der Waals surface area contributed by atoms with Gasteiger partial charge in [-0.15, -0.1) is 0 Å². The van der Waals surface area contributed by atoms with Gasteiger partial charge in [-0.1, -0.05) is 0 Å². The number of carbonyl (C=O) groups is 1. The number of piperidine rings is 1. The van der Waals surface area contributed by atoms with Crippen molar-refractivity contribution >= 4 is 11.6 Å². The fourth-order valence-corrected chi connectivity index (χ4v) is 3.30. The molecule has 25 heavy (non-hydrogen) atoms. The standard InChI is InChI=1S/C19H31N3O3/c1-14(22-11-8-15(9-12-22)7-10-20-2)19(23)21-16-5-6-17(24-3)18(13-16)25-4/h5-6,13-15,20H,7-12H2,1-4H3,(H,21,23). The number of rotatable bonds is 8. The summed E-state index contributed by atoms with van der Waals surface area (Å²) in [4.78, 5) is 14.9. The number of likely N-dealkylation sites (tertiary alicyclic amines) is 1. The molecule has 0 aliphatic carbocycles. The van der Waals surface area contributed by atoms with Crippen molar-refractivity contribution in [1.82, 2.24) is 10.2 Å². The minimum absolute atomic E-state index is 0.0147. The van der Waals surface area contributed by atoms with E-state index in [1.165, 1.54) is 6.42 Å². The third kappa shape index (κ3) is 5.34. The Labute approximate surface area is 150 Å². The third-order valence-electron chi connectivity index (χ3n) is 5.03. The van der Waals surface area contributed by atoms with Crippen molar-refractivity contribution in [1.29, 1.82) is 0 Å². The van der Waals surface area contributed by atoms with Crippen LogP contribution < -0.4 is 20.1 Å². The van der Waals surface area contributed by atoms with Crippen LogP contribution in [0.2, 0.25) is 0 Å². The van der Waals surface area contributed by atoms with Crippen LogP contribution in [0, 0.1) is 5.92 Å². The lowest BCUT2D eigenvalue weighted by Crippen LogP contribution is -2.46. The van der Waals surface area contributed by atoms with Crippen LogP contribution >= 0.6 is 0 Å². The van der Waals surface area contributed by atoms with Crippen LogP contribution in [-0.4, -0.2) is 57.8 Å². The quantitative estimate of drug-likeness (QED) is 0.754. The second kappa shape index (κ2) is 9.63. The number of carbonyl (C=O) groups excluding carboxylic acids is 1. The van der Waals surface area contributed by atoms with Crippen molar-refractivity contribution in [2.24, 2.45) is 5.92 Å². The highest BCUT2D eigenvalue weighted by atomic mass is 16.5. The van der Waals surface area contributed by atoms with Gasteiger partial charge in [-0.25, -0.2) is 0 Å². The lowest BCUT2D eigenvalue weighted by atomic mass is 9.93. The number of ether oxygens (including phenoxy) is 2. The predicted molar refractivity (Wildman–Crippen MR) is 100 cm³/mol. The summed E-state index contributed by atoms with van der Waals surface area (Å²) in [6.07, 6.45) is 3.54. The minimum Gasteiger partial charge on any atom is -0.493 e. The highest BCUT2D eigenvalue weighted by Gasteiger charge is 2.26. The molecular weight excluding hydrogens is 318 g/mol. The van der Waals surface area contributed by atoms with E-state index in [9.17, 15) is 4.79 Å². The van der Waals surface area contributed by atoms with Gasteiger partial charge in [0, 0.05) is 11.8 Å². The summed E-state index contributed by atoms with van der Waals surface area (Å²) in [5, 5.41) is 6.20. The monoisotopic (exact) mass is 349 g/mol. The van der Waals surface area contributed by atoms with Crippen LogP contribution in [0.15, 0.2) is 18.2 Å². The molecule has 0 spiro atoms. The highest BCUT2D eigenvalue weighted by molar-refractivity contribution is 5.94. The second-order valence-electron chi connectivity index (χ2n) is 6.61. The number of nitrogens with zero attached hydrogens (tertiary/aromatic N) is 1. The summed E-state index contributed by atoms with van der Waals surface area (Å²) in [6.45, 7) is 5.01. The van der Waals surface area contributed by atoms with E-state index < -0.39 is 0 Å². The van der Waals surface area contributed by atoms with Crippen LogP contribution in [0.4, 0.5) is 5.69 Å². The maximum atomic E-state index is 12.6. The number of hydrogen-bond donors (Lipinski definition) is 2. The van der Waals surface area contributed by atoms with Crippen molar-refractivity contribution in [3.63, 3.8) is 0 Å². The summed E-state index contributed by atoms with van der Waals surface area (Å²) in [6, 6.07) is 5.27. The topological polar surface area (TPSA) is 62.8 Å². The summed E-state index contributed by atoms with van der Waals surface area (Å²) in [7, 11) is 5.18. The molecule has 1 atom stereocenters. The maximum Gasteiger partial charge on any atom is 0.241 e. The SMILES string of the molecule is CNCCC1CCN(C(C)C(=O)Nc2ccc(OC)c(OC)c2)CC1. The van der Waals surface area contributed by atoms with Gasteiger partial charge in [0.25, 0.3) is 0 Å².